The van der Waals surface area contributed by atoms with Crippen molar-refractivity contribution in [3.8, 4) is 0 Å². The van der Waals surface area contributed by atoms with Crippen molar-refractivity contribution in [3.63, 3.8) is 0 Å². The van der Waals surface area contributed by atoms with Crippen molar-refractivity contribution in [2.75, 3.05) is 0 Å². The van der Waals surface area contributed by atoms with Crippen molar-refractivity contribution in [1.29, 1.82) is 0 Å². The Balaban J connectivity index is 2.47. The molecule has 0 spiro atoms. The first-order valence-electron chi connectivity index (χ1n) is 8.38. The van der Waals surface area contributed by atoms with Crippen LogP contribution in [0.2, 0.25) is 0 Å². The summed E-state index contributed by atoms with van der Waals surface area (Å²) in [5.41, 5.74) is 7.28. The molecule has 2 nitrogen and oxygen atoms in total. The number of aliphatic imine (C=N–C) groups is 1. The highest BCUT2D eigenvalue weighted by atomic mass is 19.1. The summed E-state index contributed by atoms with van der Waals surface area (Å²) in [5.74, 6) is -0.184. The summed E-state index contributed by atoms with van der Waals surface area (Å²) in [6, 6.07) is 5.50. The zero-order chi connectivity index (χ0) is 18.6. The van der Waals surface area contributed by atoms with Crippen LogP contribution in [0, 0.1) is 12.7 Å². The van der Waals surface area contributed by atoms with Gasteiger partial charge in [0.2, 0.25) is 0 Å². The van der Waals surface area contributed by atoms with Gasteiger partial charge in [0.1, 0.15) is 5.82 Å². The first-order chi connectivity index (χ1) is 11.9. The fraction of sp³-hybridized carbons (Fsp3) is 0.273. The maximum Gasteiger partial charge on any atom is 0.128 e. The lowest BCUT2D eigenvalue weighted by molar-refractivity contribution is 0.619. The number of aryl methyl sites for hydroxylation is 2. The summed E-state index contributed by atoms with van der Waals surface area (Å²) < 4.78 is 15.9. The summed E-state index contributed by atoms with van der Waals surface area (Å²) in [5, 5.41) is 1.02. The van der Waals surface area contributed by atoms with Gasteiger partial charge in [0.15, 0.2) is 0 Å². The van der Waals surface area contributed by atoms with E-state index in [1.807, 2.05) is 62.8 Å². The summed E-state index contributed by atoms with van der Waals surface area (Å²) >= 11 is 0. The molecule has 25 heavy (non-hydrogen) atoms. The Hall–Kier alpha value is -2.64. The van der Waals surface area contributed by atoms with E-state index in [0.717, 1.165) is 27.9 Å². The molecule has 130 valence electrons. The largest absolute Gasteiger partial charge is 0.343 e. The summed E-state index contributed by atoms with van der Waals surface area (Å²) in [4.78, 5) is 4.82. The molecule has 0 amide bonds. The van der Waals surface area contributed by atoms with Crippen LogP contribution in [0.5, 0.6) is 0 Å². The number of nitrogens with zero attached hydrogens (tertiary/aromatic N) is 2. The average Bonchev–Trinajstić information content (AvgIpc) is 2.88. The fourth-order valence-corrected chi connectivity index (χ4v) is 2.88. The Morgan fingerprint density at radius 1 is 1.36 bits per heavy atom. The van der Waals surface area contributed by atoms with Crippen molar-refractivity contribution in [2.45, 2.75) is 33.7 Å². The van der Waals surface area contributed by atoms with E-state index in [1.165, 1.54) is 0 Å². The number of hydrogen-bond donors (Lipinski definition) is 0. The Morgan fingerprint density at radius 3 is 2.72 bits per heavy atom. The summed E-state index contributed by atoms with van der Waals surface area (Å²) in [6.45, 7) is 11.4. The minimum absolute atomic E-state index is 0.0260. The van der Waals surface area contributed by atoms with Crippen LogP contribution in [-0.4, -0.2) is 16.3 Å². The number of benzene rings is 1. The maximum absolute atomic E-state index is 13.9. The van der Waals surface area contributed by atoms with Gasteiger partial charge in [-0.3, -0.25) is 4.99 Å². The first-order valence-corrected chi connectivity index (χ1v) is 8.38. The summed E-state index contributed by atoms with van der Waals surface area (Å²) in [7, 11) is 1.94. The fourth-order valence-electron chi connectivity index (χ4n) is 2.88. The van der Waals surface area contributed by atoms with Gasteiger partial charge in [0, 0.05) is 12.4 Å². The lowest BCUT2D eigenvalue weighted by Gasteiger charge is -2.10. The molecule has 2 rings (SSSR count). The summed E-state index contributed by atoms with van der Waals surface area (Å²) in [6.07, 6.45) is 7.81. The second-order valence-corrected chi connectivity index (χ2v) is 6.18. The third kappa shape index (κ3) is 4.07. The molecule has 0 fully saturated rings. The average molecular weight is 336 g/mol. The smallest absolute Gasteiger partial charge is 0.128 e. The second kappa shape index (κ2) is 7.96. The molecule has 0 radical (unpaired) electrons. The van der Waals surface area contributed by atoms with Crippen LogP contribution in [-0.2, 0) is 7.05 Å². The first kappa shape index (κ1) is 18.7. The van der Waals surface area contributed by atoms with Crippen molar-refractivity contribution < 1.29 is 4.39 Å². The molecule has 0 saturated carbocycles. The van der Waals surface area contributed by atoms with Gasteiger partial charge in [-0.1, -0.05) is 24.8 Å². The van der Waals surface area contributed by atoms with Gasteiger partial charge < -0.3 is 4.57 Å². The number of hydrogen-bond acceptors (Lipinski definition) is 1. The SMILES string of the molecule is C=C=CC(=CC=CC)C(C)N=C(C)c1cc2cc(C)c(F)cc2n1C. The van der Waals surface area contributed by atoms with Crippen LogP contribution < -0.4 is 0 Å². The molecular weight excluding hydrogens is 311 g/mol. The quantitative estimate of drug-likeness (QED) is 0.380. The number of allylic oxidation sites excluding steroid dienone is 3. The lowest BCUT2D eigenvalue weighted by Crippen LogP contribution is -2.09. The number of halogens is 1. The lowest BCUT2D eigenvalue weighted by atomic mass is 10.1. The van der Waals surface area contributed by atoms with E-state index in [-0.39, 0.29) is 11.9 Å². The van der Waals surface area contributed by atoms with E-state index >= 15 is 0 Å². The minimum Gasteiger partial charge on any atom is -0.343 e. The second-order valence-electron chi connectivity index (χ2n) is 6.18. The molecule has 0 N–H and O–H groups in total. The van der Waals surface area contributed by atoms with Crippen LogP contribution >= 0.6 is 0 Å². The molecule has 0 saturated heterocycles. The number of aromatic nitrogens is 1. The van der Waals surface area contributed by atoms with Crippen LogP contribution in [0.3, 0.4) is 0 Å². The maximum atomic E-state index is 13.9. The highest BCUT2D eigenvalue weighted by Crippen LogP contribution is 2.23. The van der Waals surface area contributed by atoms with Gasteiger partial charge in [-0.05, 0) is 63.1 Å². The highest BCUT2D eigenvalue weighted by molar-refractivity contribution is 6.02. The van der Waals surface area contributed by atoms with Crippen molar-refractivity contribution >= 4 is 16.6 Å². The zero-order valence-electron chi connectivity index (χ0n) is 15.6. The molecule has 1 atom stereocenters. The molecular formula is C22H25FN2. The van der Waals surface area contributed by atoms with Gasteiger partial charge in [0.05, 0.1) is 23.0 Å². The minimum atomic E-state index is -0.184. The van der Waals surface area contributed by atoms with Gasteiger partial charge in [-0.15, -0.1) is 5.73 Å². The van der Waals surface area contributed by atoms with Crippen molar-refractivity contribution in [1.82, 2.24) is 4.57 Å². The molecule has 1 aromatic carbocycles. The Labute approximate surface area is 149 Å². The van der Waals surface area contributed by atoms with Crippen LogP contribution in [0.1, 0.15) is 32.0 Å². The predicted octanol–water partition coefficient (Wildman–Crippen LogP) is 5.67. The van der Waals surface area contributed by atoms with Gasteiger partial charge >= 0.3 is 0 Å². The van der Waals surface area contributed by atoms with E-state index < -0.39 is 0 Å². The van der Waals surface area contributed by atoms with Crippen molar-refractivity contribution in [2.24, 2.45) is 12.0 Å². The van der Waals surface area contributed by atoms with Gasteiger partial charge in [0.25, 0.3) is 0 Å². The van der Waals surface area contributed by atoms with E-state index in [4.69, 9.17) is 4.99 Å². The number of rotatable bonds is 5. The predicted molar refractivity (Wildman–Crippen MR) is 106 cm³/mol. The Bertz CT molecular complexity index is 919. The van der Waals surface area contributed by atoms with Gasteiger partial charge in [-0.2, -0.15) is 0 Å². The molecule has 1 unspecified atom stereocenters. The Kier molecular flexibility index (Phi) is 5.95. The Morgan fingerprint density at radius 2 is 2.08 bits per heavy atom. The van der Waals surface area contributed by atoms with Gasteiger partial charge in [-0.25, -0.2) is 4.39 Å². The van der Waals surface area contributed by atoms with E-state index in [1.54, 1.807) is 13.0 Å². The molecule has 0 bridgehead atoms. The third-order valence-electron chi connectivity index (χ3n) is 4.31. The van der Waals surface area contributed by atoms with E-state index in [9.17, 15) is 4.39 Å². The zero-order valence-corrected chi connectivity index (χ0v) is 15.6. The standard InChI is InChI=1S/C22H25FN2/c1-7-9-11-18(10-8-2)16(4)24-17(5)21-13-19-12-15(3)20(23)14-22(19)25(21)6/h7,9-14,16H,2H2,1,3-6H3. The molecule has 3 heteroatoms. The van der Waals surface area contributed by atoms with E-state index in [2.05, 4.69) is 18.4 Å². The van der Waals surface area contributed by atoms with E-state index in [0.29, 0.717) is 5.56 Å². The molecule has 0 aliphatic carbocycles. The van der Waals surface area contributed by atoms with Crippen LogP contribution in [0.25, 0.3) is 10.9 Å². The third-order valence-corrected chi connectivity index (χ3v) is 4.31. The molecule has 0 aliphatic rings. The number of fused-ring (bicyclic) bond motifs is 1. The monoisotopic (exact) mass is 336 g/mol. The van der Waals surface area contributed by atoms with Crippen LogP contribution in [0.4, 0.5) is 4.39 Å². The highest BCUT2D eigenvalue weighted by Gasteiger charge is 2.12. The van der Waals surface area contributed by atoms with Crippen molar-refractivity contribution in [3.05, 3.63) is 77.5 Å². The van der Waals surface area contributed by atoms with Crippen LogP contribution in [0.15, 0.2) is 65.4 Å². The molecule has 0 aliphatic heterocycles. The molecule has 2 aromatic rings. The molecule has 1 heterocycles. The molecule has 1 aromatic heterocycles. The topological polar surface area (TPSA) is 17.3 Å². The normalized spacial score (nSPS) is 14.2.